The van der Waals surface area contributed by atoms with Crippen LogP contribution in [0, 0.1) is 53.3 Å². The Bertz CT molecular complexity index is 3470. The van der Waals surface area contributed by atoms with Gasteiger partial charge in [-0.1, -0.05) is 24.3 Å². The maximum Gasteiger partial charge on any atom is 0.306 e. The molecule has 2 saturated carbocycles. The number of piperidine rings is 2. The number of nitrogens with two attached hydrogens (primary N) is 1. The maximum atomic E-state index is 12.8. The number of ether oxygens (including phenoxy) is 1. The van der Waals surface area contributed by atoms with E-state index in [0.717, 1.165) is 68.8 Å². The number of carbonyl (C=O) groups excluding carboxylic acids is 1. The van der Waals surface area contributed by atoms with Gasteiger partial charge in [0.1, 0.15) is 43.2 Å². The molecular weight excluding hydrogens is 1050 g/mol. The number of para-hydroxylation sites is 2. The summed E-state index contributed by atoms with van der Waals surface area (Å²) in [5.74, 6) is 1.82. The summed E-state index contributed by atoms with van der Waals surface area (Å²) < 4.78 is 31.1. The highest BCUT2D eigenvalue weighted by Crippen LogP contribution is 2.54. The first-order valence-corrected chi connectivity index (χ1v) is 33.2. The summed E-state index contributed by atoms with van der Waals surface area (Å²) in [6.07, 6.45) is 12.8. The first-order chi connectivity index (χ1) is 38.4. The summed E-state index contributed by atoms with van der Waals surface area (Å²) in [6.45, 7) is 21.0. The minimum Gasteiger partial charge on any atom is -0.460 e. The number of rotatable bonds is 14. The van der Waals surface area contributed by atoms with Crippen molar-refractivity contribution in [2.45, 2.75) is 104 Å². The topological polar surface area (TPSA) is 240 Å². The van der Waals surface area contributed by atoms with Crippen molar-refractivity contribution in [2.75, 3.05) is 83.9 Å². The van der Waals surface area contributed by atoms with Crippen LogP contribution in [0.5, 0.6) is 0 Å². The quantitative estimate of drug-likeness (QED) is 0.0503. The molecular formula is C62H77N13O4P2. The molecule has 2 aromatic heterocycles. The minimum absolute atomic E-state index is 0.0761. The van der Waals surface area contributed by atoms with Gasteiger partial charge in [0.05, 0.1) is 23.8 Å². The third-order valence-electron chi connectivity index (χ3n) is 16.2. The van der Waals surface area contributed by atoms with Crippen molar-refractivity contribution < 1.29 is 18.7 Å². The summed E-state index contributed by atoms with van der Waals surface area (Å²) in [6, 6.07) is 32.0. The molecule has 4 fully saturated rings. The first kappa shape index (κ1) is 58.4. The number of esters is 1. The van der Waals surface area contributed by atoms with E-state index in [2.05, 4.69) is 101 Å². The molecule has 424 valence electrons. The molecule has 81 heavy (non-hydrogen) atoms. The van der Waals surface area contributed by atoms with Gasteiger partial charge >= 0.3 is 5.97 Å². The van der Waals surface area contributed by atoms with E-state index >= 15 is 0 Å². The van der Waals surface area contributed by atoms with E-state index in [9.17, 15) is 24.4 Å². The number of hydrogen-bond acceptors (Lipinski definition) is 17. The van der Waals surface area contributed by atoms with Crippen LogP contribution >= 0.6 is 14.3 Å². The number of anilines is 10. The average Bonchev–Trinajstić information content (AvgIpc) is 3.38. The van der Waals surface area contributed by atoms with Gasteiger partial charge in [-0.15, -0.1) is 0 Å². The Kier molecular flexibility index (Phi) is 17.0. The summed E-state index contributed by atoms with van der Waals surface area (Å²) in [5.41, 5.74) is 15.0. The molecule has 2 aliphatic carbocycles. The highest BCUT2D eigenvalue weighted by molar-refractivity contribution is 7.70. The molecule has 0 radical (unpaired) electrons. The van der Waals surface area contributed by atoms with Gasteiger partial charge in [-0.25, -0.2) is 9.97 Å². The maximum absolute atomic E-state index is 12.8. The second kappa shape index (κ2) is 23.7. The van der Waals surface area contributed by atoms with E-state index in [1.165, 1.54) is 55.0 Å². The van der Waals surface area contributed by atoms with Crippen LogP contribution in [-0.4, -0.2) is 90.4 Å². The fourth-order valence-electron chi connectivity index (χ4n) is 12.3. The van der Waals surface area contributed by atoms with Crippen LogP contribution in [-0.2, 0) is 18.7 Å². The van der Waals surface area contributed by atoms with E-state index in [4.69, 9.17) is 10.5 Å². The molecule has 6 aromatic rings. The Morgan fingerprint density at radius 3 is 1.43 bits per heavy atom. The molecule has 4 aromatic carbocycles. The molecule has 17 nitrogen and oxygen atoms in total. The van der Waals surface area contributed by atoms with E-state index in [-0.39, 0.29) is 5.97 Å². The predicted molar refractivity (Wildman–Crippen MR) is 328 cm³/mol. The molecule has 0 unspecified atom stereocenters. The number of hydrogen-bond donors (Lipinski definition) is 5. The van der Waals surface area contributed by atoms with E-state index < -0.39 is 19.9 Å². The summed E-state index contributed by atoms with van der Waals surface area (Å²) in [5, 5.41) is 33.7. The summed E-state index contributed by atoms with van der Waals surface area (Å²) in [7, 11) is -5.08. The second-order valence-corrected chi connectivity index (χ2v) is 30.9. The lowest BCUT2D eigenvalue weighted by Crippen LogP contribution is -2.52. The highest BCUT2D eigenvalue weighted by atomic mass is 31.2. The number of nitrogens with zero attached hydrogens (tertiary/aromatic N) is 8. The highest BCUT2D eigenvalue weighted by Gasteiger charge is 2.47. The van der Waals surface area contributed by atoms with Crippen LogP contribution in [0.15, 0.2) is 97.3 Å². The number of nitrogens with one attached hydrogen (secondary N) is 4. The van der Waals surface area contributed by atoms with Gasteiger partial charge < -0.3 is 50.7 Å². The van der Waals surface area contributed by atoms with Crippen LogP contribution in [0.4, 0.5) is 57.7 Å². The lowest BCUT2D eigenvalue weighted by atomic mass is 9.57. The zero-order valence-corrected chi connectivity index (χ0v) is 50.1. The van der Waals surface area contributed by atoms with Crippen molar-refractivity contribution in [1.82, 2.24) is 19.9 Å². The van der Waals surface area contributed by atoms with E-state index in [1.807, 2.05) is 81.4 Å². The zero-order chi connectivity index (χ0) is 57.9. The molecule has 0 bridgehead atoms. The third kappa shape index (κ3) is 14.3. The fourth-order valence-corrected chi connectivity index (χ4v) is 14.6. The predicted octanol–water partition coefficient (Wildman–Crippen LogP) is 12.2. The Labute approximate surface area is 477 Å². The van der Waals surface area contributed by atoms with E-state index in [0.29, 0.717) is 85.9 Å². The monoisotopic (exact) mass is 1130 g/mol. The van der Waals surface area contributed by atoms with Gasteiger partial charge in [0.25, 0.3) is 0 Å². The largest absolute Gasteiger partial charge is 0.460 e. The molecule has 2 saturated heterocycles. The number of benzene rings is 4. The van der Waals surface area contributed by atoms with Crippen molar-refractivity contribution >= 4 is 88.5 Å². The van der Waals surface area contributed by atoms with Crippen molar-refractivity contribution in [3.63, 3.8) is 0 Å². The van der Waals surface area contributed by atoms with Crippen molar-refractivity contribution in [3.05, 3.63) is 120 Å². The normalized spacial score (nSPS) is 16.9. The molecule has 2 spiro atoms. The molecule has 2 aliphatic heterocycles. The summed E-state index contributed by atoms with van der Waals surface area (Å²) >= 11 is 0. The summed E-state index contributed by atoms with van der Waals surface area (Å²) in [4.78, 5) is 35.0. The number of aromatic nitrogens is 4. The van der Waals surface area contributed by atoms with Crippen LogP contribution in [0.1, 0.15) is 101 Å². The zero-order valence-electron chi connectivity index (χ0n) is 48.3. The Morgan fingerprint density at radius 1 is 0.654 bits per heavy atom. The standard InChI is InChI=1S/C34H43N6O3P.C28H34N7OP/c1-23-17-26(37-32-36-22-25(21-35)31(39-32)38-27-9-7-8-10-29(27)44(5,6)42)11-12-28(23)40-15-13-34(14-16-40)19-24(20-34)18-30(41)43-33(2,3)4;1-19-14-22(8-9-24(19)35-12-10-28(11-13-35)15-21(30)16-28)32-27-31-18-20(17-29)26(34-27)33-23-6-4-5-7-25(23)37(2,3)36/h7-12,17,22,24H,13-16,18-20H2,1-6H3,(H2,36,37,38,39);4-9,14,18,21H,10-13,15-16,30H2,1-3H3,(H2,31,32,33,34). The number of carbonyl (C=O) groups is 1. The average molecular weight is 1130 g/mol. The Hall–Kier alpha value is -7.29. The molecule has 0 atom stereocenters. The Morgan fingerprint density at radius 2 is 1.06 bits per heavy atom. The van der Waals surface area contributed by atoms with Crippen LogP contribution in [0.3, 0.4) is 0 Å². The molecule has 4 aliphatic rings. The lowest BCUT2D eigenvalue weighted by Gasteiger charge is -2.52. The van der Waals surface area contributed by atoms with Gasteiger partial charge in [-0.05, 0) is 201 Å². The number of aryl methyl sites for hydroxylation is 2. The smallest absolute Gasteiger partial charge is 0.306 e. The van der Waals surface area contributed by atoms with Gasteiger partial charge in [-0.3, -0.25) is 4.79 Å². The van der Waals surface area contributed by atoms with Crippen LogP contribution in [0.2, 0.25) is 0 Å². The van der Waals surface area contributed by atoms with Gasteiger partial charge in [0.15, 0.2) is 11.6 Å². The molecule has 10 rings (SSSR count). The number of nitriles is 2. The van der Waals surface area contributed by atoms with Crippen LogP contribution in [0.25, 0.3) is 0 Å². The minimum atomic E-state index is -2.55. The fraction of sp³-hybridized carbons (Fsp3) is 0.435. The molecule has 4 heterocycles. The van der Waals surface area contributed by atoms with Crippen molar-refractivity contribution in [1.29, 1.82) is 10.5 Å². The van der Waals surface area contributed by atoms with Gasteiger partial charge in [0, 0.05) is 72.0 Å². The lowest BCUT2D eigenvalue weighted by molar-refractivity contribution is -0.158. The van der Waals surface area contributed by atoms with Crippen molar-refractivity contribution in [2.24, 2.45) is 22.5 Å². The molecule has 0 amide bonds. The Balaban J connectivity index is 0.000000198. The third-order valence-corrected chi connectivity index (χ3v) is 19.3. The van der Waals surface area contributed by atoms with E-state index in [1.54, 1.807) is 26.7 Å². The van der Waals surface area contributed by atoms with Crippen molar-refractivity contribution in [3.8, 4) is 12.1 Å². The first-order valence-electron chi connectivity index (χ1n) is 28.0. The molecule has 6 N–H and O–H groups in total. The second-order valence-electron chi connectivity index (χ2n) is 24.6. The van der Waals surface area contributed by atoms with Gasteiger partial charge in [0.2, 0.25) is 11.9 Å². The SMILES string of the molecule is Cc1cc(Nc2ncc(C#N)c(Nc3ccccc3P(C)(C)=O)n2)ccc1N1CCC2(CC1)CC(CC(=O)OC(C)(C)C)C2.Cc1cc(Nc2ncc(C#N)c(Nc3ccccc3P(C)(C)=O)n2)ccc1N1CCC2(CC1)CC(N)C2. The molecule has 19 heteroatoms. The van der Waals surface area contributed by atoms with Gasteiger partial charge in [-0.2, -0.15) is 20.5 Å². The van der Waals surface area contributed by atoms with Crippen LogP contribution < -0.4 is 47.4 Å².